The molecule has 0 atom stereocenters. The molecule has 2 aromatic carbocycles. The number of carbonyl (C=O) groups excluding carboxylic acids is 1. The minimum atomic E-state index is -0.818. The zero-order chi connectivity index (χ0) is 15.2. The molecule has 0 aliphatic rings. The Labute approximate surface area is 121 Å². The molecule has 0 aromatic heterocycles. The molecule has 1 N–H and O–H groups in total. The fourth-order valence-electron chi connectivity index (χ4n) is 1.73. The van der Waals surface area contributed by atoms with Gasteiger partial charge in [0.2, 0.25) is 0 Å². The second-order valence-corrected chi connectivity index (χ2v) is 4.45. The van der Waals surface area contributed by atoms with E-state index in [0.29, 0.717) is 17.9 Å². The van der Waals surface area contributed by atoms with E-state index >= 15 is 0 Å². The van der Waals surface area contributed by atoms with Crippen LogP contribution in [0, 0.1) is 11.6 Å². The quantitative estimate of drug-likeness (QED) is 0.904. The number of hydrogen-bond acceptors (Lipinski definition) is 2. The molecule has 1 amide bonds. The summed E-state index contributed by atoms with van der Waals surface area (Å²) in [7, 11) is 0. The van der Waals surface area contributed by atoms with Crippen LogP contribution in [0.5, 0.6) is 5.75 Å². The van der Waals surface area contributed by atoms with Crippen LogP contribution in [0.3, 0.4) is 0 Å². The van der Waals surface area contributed by atoms with Gasteiger partial charge in [-0.2, -0.15) is 0 Å². The number of amides is 1. The van der Waals surface area contributed by atoms with Crippen molar-refractivity contribution in [3.8, 4) is 5.75 Å². The first kappa shape index (κ1) is 15.0. The number of hydrogen-bond donors (Lipinski definition) is 1. The Morgan fingerprint density at radius 1 is 1.19 bits per heavy atom. The van der Waals surface area contributed by atoms with Crippen molar-refractivity contribution in [1.82, 2.24) is 0 Å². The average molecular weight is 291 g/mol. The third kappa shape index (κ3) is 4.02. The molecule has 3 nitrogen and oxygen atoms in total. The van der Waals surface area contributed by atoms with Crippen LogP contribution in [0.1, 0.15) is 23.7 Å². The summed E-state index contributed by atoms with van der Waals surface area (Å²) < 4.78 is 31.7. The molecule has 0 unspecified atom stereocenters. The summed E-state index contributed by atoms with van der Waals surface area (Å²) in [5.41, 5.74) is 0.272. The molecule has 0 aliphatic heterocycles. The summed E-state index contributed by atoms with van der Waals surface area (Å²) in [4.78, 5) is 12.1. The summed E-state index contributed by atoms with van der Waals surface area (Å²) in [6.07, 6.45) is 0.858. The van der Waals surface area contributed by atoms with E-state index in [1.54, 1.807) is 24.3 Å². The van der Waals surface area contributed by atoms with Crippen LogP contribution in [-0.2, 0) is 0 Å². The molecule has 0 bridgehead atoms. The molecule has 2 aromatic rings. The molecule has 2 rings (SSSR count). The summed E-state index contributed by atoms with van der Waals surface area (Å²) in [6.45, 7) is 2.53. The molecular formula is C16H15F2NO2. The Bertz CT molecular complexity index is 644. The third-order valence-electron chi connectivity index (χ3n) is 2.75. The molecule has 5 heteroatoms. The van der Waals surface area contributed by atoms with Crippen LogP contribution < -0.4 is 10.1 Å². The SMILES string of the molecule is CCCOc1cccc(C(=O)Nc2ccc(F)cc2F)c1. The van der Waals surface area contributed by atoms with Crippen LogP contribution in [0.4, 0.5) is 14.5 Å². The zero-order valence-electron chi connectivity index (χ0n) is 11.5. The van der Waals surface area contributed by atoms with E-state index in [2.05, 4.69) is 5.32 Å². The van der Waals surface area contributed by atoms with Gasteiger partial charge in [-0.25, -0.2) is 8.78 Å². The minimum absolute atomic E-state index is 0.0683. The van der Waals surface area contributed by atoms with Gasteiger partial charge in [0, 0.05) is 11.6 Å². The molecule has 0 saturated heterocycles. The van der Waals surface area contributed by atoms with Crippen molar-refractivity contribution in [2.45, 2.75) is 13.3 Å². The Morgan fingerprint density at radius 3 is 2.71 bits per heavy atom. The van der Waals surface area contributed by atoms with E-state index in [-0.39, 0.29) is 5.69 Å². The fourth-order valence-corrected chi connectivity index (χ4v) is 1.73. The topological polar surface area (TPSA) is 38.3 Å². The van der Waals surface area contributed by atoms with Crippen molar-refractivity contribution in [2.24, 2.45) is 0 Å². The molecule has 21 heavy (non-hydrogen) atoms. The Morgan fingerprint density at radius 2 is 2.00 bits per heavy atom. The monoisotopic (exact) mass is 291 g/mol. The normalized spacial score (nSPS) is 10.2. The highest BCUT2D eigenvalue weighted by Crippen LogP contribution is 2.18. The van der Waals surface area contributed by atoms with Gasteiger partial charge in [-0.05, 0) is 36.8 Å². The second-order valence-electron chi connectivity index (χ2n) is 4.45. The molecule has 110 valence electrons. The van der Waals surface area contributed by atoms with Crippen molar-refractivity contribution < 1.29 is 18.3 Å². The van der Waals surface area contributed by atoms with Gasteiger partial charge >= 0.3 is 0 Å². The van der Waals surface area contributed by atoms with Crippen LogP contribution in [-0.4, -0.2) is 12.5 Å². The lowest BCUT2D eigenvalue weighted by molar-refractivity contribution is 0.102. The summed E-state index contributed by atoms with van der Waals surface area (Å²) in [5.74, 6) is -1.42. The summed E-state index contributed by atoms with van der Waals surface area (Å²) in [6, 6.07) is 9.57. The third-order valence-corrected chi connectivity index (χ3v) is 2.75. The summed E-state index contributed by atoms with van der Waals surface area (Å²) in [5, 5.41) is 2.40. The highest BCUT2D eigenvalue weighted by Gasteiger charge is 2.10. The lowest BCUT2D eigenvalue weighted by Gasteiger charge is -2.08. The predicted octanol–water partition coefficient (Wildman–Crippen LogP) is 4.01. The van der Waals surface area contributed by atoms with Crippen molar-refractivity contribution in [3.05, 3.63) is 59.7 Å². The first-order valence-electron chi connectivity index (χ1n) is 6.59. The Hall–Kier alpha value is -2.43. The number of rotatable bonds is 5. The van der Waals surface area contributed by atoms with E-state index < -0.39 is 17.5 Å². The highest BCUT2D eigenvalue weighted by molar-refractivity contribution is 6.04. The number of halogens is 2. The van der Waals surface area contributed by atoms with Crippen LogP contribution in [0.25, 0.3) is 0 Å². The van der Waals surface area contributed by atoms with Crippen molar-refractivity contribution >= 4 is 11.6 Å². The van der Waals surface area contributed by atoms with E-state index in [1.165, 1.54) is 6.07 Å². The molecule has 0 spiro atoms. The number of carbonyl (C=O) groups is 1. The fraction of sp³-hybridized carbons (Fsp3) is 0.188. The lowest BCUT2D eigenvalue weighted by atomic mass is 10.2. The van der Waals surface area contributed by atoms with Crippen LogP contribution >= 0.6 is 0 Å². The standard InChI is InChI=1S/C16H15F2NO2/c1-2-8-21-13-5-3-4-11(9-13)16(20)19-15-7-6-12(17)10-14(15)18/h3-7,9-10H,2,8H2,1H3,(H,19,20). The van der Waals surface area contributed by atoms with Gasteiger partial charge in [-0.15, -0.1) is 0 Å². The second kappa shape index (κ2) is 6.83. The maximum atomic E-state index is 13.5. The van der Waals surface area contributed by atoms with E-state index in [4.69, 9.17) is 4.74 Å². The highest BCUT2D eigenvalue weighted by atomic mass is 19.1. The molecule has 0 radical (unpaired) electrons. The maximum Gasteiger partial charge on any atom is 0.255 e. The molecule has 0 heterocycles. The van der Waals surface area contributed by atoms with E-state index in [9.17, 15) is 13.6 Å². The first-order valence-corrected chi connectivity index (χ1v) is 6.59. The molecular weight excluding hydrogens is 276 g/mol. The van der Waals surface area contributed by atoms with Crippen molar-refractivity contribution in [2.75, 3.05) is 11.9 Å². The molecule has 0 fully saturated rings. The van der Waals surface area contributed by atoms with Gasteiger partial charge in [0.05, 0.1) is 12.3 Å². The maximum absolute atomic E-state index is 13.5. The Balaban J connectivity index is 2.12. The van der Waals surface area contributed by atoms with E-state index in [1.807, 2.05) is 6.92 Å². The Kier molecular flexibility index (Phi) is 4.87. The van der Waals surface area contributed by atoms with E-state index in [0.717, 1.165) is 18.6 Å². The van der Waals surface area contributed by atoms with Gasteiger partial charge in [-0.3, -0.25) is 4.79 Å². The number of benzene rings is 2. The summed E-state index contributed by atoms with van der Waals surface area (Å²) >= 11 is 0. The zero-order valence-corrected chi connectivity index (χ0v) is 11.5. The number of nitrogens with one attached hydrogen (secondary N) is 1. The van der Waals surface area contributed by atoms with Gasteiger partial charge in [0.1, 0.15) is 17.4 Å². The van der Waals surface area contributed by atoms with Crippen molar-refractivity contribution in [1.29, 1.82) is 0 Å². The molecule has 0 aliphatic carbocycles. The minimum Gasteiger partial charge on any atom is -0.494 e. The lowest BCUT2D eigenvalue weighted by Crippen LogP contribution is -2.13. The van der Waals surface area contributed by atoms with Gasteiger partial charge < -0.3 is 10.1 Å². The largest absolute Gasteiger partial charge is 0.494 e. The first-order chi connectivity index (χ1) is 10.1. The van der Waals surface area contributed by atoms with Gasteiger partial charge in [0.25, 0.3) is 5.91 Å². The van der Waals surface area contributed by atoms with Gasteiger partial charge in [0.15, 0.2) is 0 Å². The van der Waals surface area contributed by atoms with Crippen LogP contribution in [0.15, 0.2) is 42.5 Å². The van der Waals surface area contributed by atoms with Crippen LogP contribution in [0.2, 0.25) is 0 Å². The average Bonchev–Trinajstić information content (AvgIpc) is 2.48. The van der Waals surface area contributed by atoms with Gasteiger partial charge in [-0.1, -0.05) is 13.0 Å². The van der Waals surface area contributed by atoms with Crippen molar-refractivity contribution in [3.63, 3.8) is 0 Å². The number of anilines is 1. The predicted molar refractivity (Wildman–Crippen MR) is 76.5 cm³/mol. The number of ether oxygens (including phenoxy) is 1. The smallest absolute Gasteiger partial charge is 0.255 e. The molecule has 0 saturated carbocycles.